The summed E-state index contributed by atoms with van der Waals surface area (Å²) in [5.74, 6) is -2.02. The number of carbonyl (C=O) groups is 1. The quantitative estimate of drug-likeness (QED) is 0.908. The van der Waals surface area contributed by atoms with E-state index in [-0.39, 0.29) is 11.7 Å². The molecule has 0 aromatic heterocycles. The highest BCUT2D eigenvalue weighted by atomic mass is 19.1. The minimum atomic E-state index is -0.876. The first-order valence-electron chi connectivity index (χ1n) is 7.17. The van der Waals surface area contributed by atoms with E-state index in [9.17, 15) is 19.4 Å². The van der Waals surface area contributed by atoms with Gasteiger partial charge in [0.25, 0.3) is 0 Å². The Kier molecular flexibility index (Phi) is 3.64. The first-order chi connectivity index (χ1) is 10.1. The molecule has 2 N–H and O–H groups in total. The van der Waals surface area contributed by atoms with Crippen molar-refractivity contribution in [1.82, 2.24) is 0 Å². The number of aliphatic hydroxyl groups is 1. The summed E-state index contributed by atoms with van der Waals surface area (Å²) < 4.78 is 13.8. The van der Waals surface area contributed by atoms with Gasteiger partial charge in [-0.1, -0.05) is 36.8 Å². The van der Waals surface area contributed by atoms with Crippen LogP contribution >= 0.6 is 0 Å². The van der Waals surface area contributed by atoms with E-state index < -0.39 is 18.0 Å². The van der Waals surface area contributed by atoms with E-state index in [1.54, 1.807) is 30.3 Å². The Bertz CT molecular complexity index is 683. The van der Waals surface area contributed by atoms with E-state index in [4.69, 9.17) is 0 Å². The molecule has 0 saturated heterocycles. The number of hydrogen-bond donors (Lipinski definition) is 2. The van der Waals surface area contributed by atoms with Crippen LogP contribution in [0.2, 0.25) is 0 Å². The van der Waals surface area contributed by atoms with Gasteiger partial charge in [0.1, 0.15) is 5.82 Å². The van der Waals surface area contributed by atoms with Crippen molar-refractivity contribution < 1.29 is 19.4 Å². The molecule has 110 valence electrons. The summed E-state index contributed by atoms with van der Waals surface area (Å²) >= 11 is 0. The van der Waals surface area contributed by atoms with Crippen LogP contribution in [0.25, 0.3) is 10.8 Å². The Morgan fingerprint density at radius 3 is 2.57 bits per heavy atom. The average molecular weight is 288 g/mol. The number of fused-ring (bicyclic) bond motifs is 1. The molecular weight excluding hydrogens is 271 g/mol. The fourth-order valence-corrected chi connectivity index (χ4v) is 3.45. The summed E-state index contributed by atoms with van der Waals surface area (Å²) in [6, 6.07) is 9.88. The monoisotopic (exact) mass is 288 g/mol. The molecule has 0 spiro atoms. The van der Waals surface area contributed by atoms with E-state index in [0.29, 0.717) is 29.2 Å². The SMILES string of the molecule is O=C(O)C1CCCC1C(O)c1ccc(F)c2ccccc12. The average Bonchev–Trinajstić information content (AvgIpc) is 2.97. The molecule has 2 aromatic carbocycles. The molecule has 1 fully saturated rings. The van der Waals surface area contributed by atoms with Crippen LogP contribution < -0.4 is 0 Å². The molecule has 0 radical (unpaired) electrons. The van der Waals surface area contributed by atoms with Crippen molar-refractivity contribution in [3.05, 3.63) is 47.8 Å². The maximum atomic E-state index is 13.8. The van der Waals surface area contributed by atoms with Gasteiger partial charge in [0, 0.05) is 11.3 Å². The zero-order chi connectivity index (χ0) is 15.0. The van der Waals surface area contributed by atoms with E-state index in [1.807, 2.05) is 0 Å². The second-order valence-electron chi connectivity index (χ2n) is 5.67. The Hall–Kier alpha value is -1.94. The molecule has 0 heterocycles. The van der Waals surface area contributed by atoms with Gasteiger partial charge in [-0.15, -0.1) is 0 Å². The Morgan fingerprint density at radius 1 is 1.14 bits per heavy atom. The number of carboxylic acid groups (broad SMARTS) is 1. The minimum absolute atomic E-state index is 0.309. The van der Waals surface area contributed by atoms with Crippen molar-refractivity contribution in [1.29, 1.82) is 0 Å². The van der Waals surface area contributed by atoms with Crippen molar-refractivity contribution in [3.63, 3.8) is 0 Å². The topological polar surface area (TPSA) is 57.5 Å². The first-order valence-corrected chi connectivity index (χ1v) is 7.17. The van der Waals surface area contributed by atoms with Crippen molar-refractivity contribution in [3.8, 4) is 0 Å². The maximum absolute atomic E-state index is 13.8. The summed E-state index contributed by atoms with van der Waals surface area (Å²) in [6.07, 6.45) is 1.21. The van der Waals surface area contributed by atoms with Crippen LogP contribution in [0.4, 0.5) is 4.39 Å². The summed E-state index contributed by atoms with van der Waals surface area (Å²) in [4.78, 5) is 11.3. The molecule has 0 amide bonds. The number of aliphatic hydroxyl groups excluding tert-OH is 1. The molecule has 0 aliphatic heterocycles. The Morgan fingerprint density at radius 2 is 1.86 bits per heavy atom. The fraction of sp³-hybridized carbons (Fsp3) is 0.353. The third-order valence-electron chi connectivity index (χ3n) is 4.52. The van der Waals surface area contributed by atoms with E-state index in [1.165, 1.54) is 6.07 Å². The molecule has 3 rings (SSSR count). The molecule has 4 heteroatoms. The molecular formula is C17H17FO3. The predicted octanol–water partition coefficient (Wildman–Crippen LogP) is 3.51. The van der Waals surface area contributed by atoms with E-state index >= 15 is 0 Å². The number of hydrogen-bond acceptors (Lipinski definition) is 2. The van der Waals surface area contributed by atoms with Gasteiger partial charge in [0.15, 0.2) is 0 Å². The third-order valence-corrected chi connectivity index (χ3v) is 4.52. The van der Waals surface area contributed by atoms with E-state index in [0.717, 1.165) is 6.42 Å². The van der Waals surface area contributed by atoms with Crippen LogP contribution in [0.5, 0.6) is 0 Å². The molecule has 3 nitrogen and oxygen atoms in total. The Labute approximate surface area is 122 Å². The minimum Gasteiger partial charge on any atom is -0.481 e. The zero-order valence-corrected chi connectivity index (χ0v) is 11.5. The molecule has 0 bridgehead atoms. The molecule has 1 saturated carbocycles. The first kappa shape index (κ1) is 14.0. The Balaban J connectivity index is 2.04. The van der Waals surface area contributed by atoms with Crippen LogP contribution in [0.15, 0.2) is 36.4 Å². The van der Waals surface area contributed by atoms with Gasteiger partial charge in [-0.25, -0.2) is 4.39 Å². The number of rotatable bonds is 3. The van der Waals surface area contributed by atoms with Crippen LogP contribution in [-0.2, 0) is 4.79 Å². The molecule has 3 unspecified atom stereocenters. The second kappa shape index (κ2) is 5.45. The highest BCUT2D eigenvalue weighted by molar-refractivity contribution is 5.86. The highest BCUT2D eigenvalue weighted by Gasteiger charge is 2.38. The number of carboxylic acids is 1. The van der Waals surface area contributed by atoms with Crippen LogP contribution in [0.3, 0.4) is 0 Å². The van der Waals surface area contributed by atoms with Gasteiger partial charge in [-0.05, 0) is 29.9 Å². The van der Waals surface area contributed by atoms with Gasteiger partial charge >= 0.3 is 5.97 Å². The summed E-state index contributed by atoms with van der Waals surface area (Å²) in [5.41, 5.74) is 0.616. The van der Waals surface area contributed by atoms with Crippen LogP contribution in [0, 0.1) is 17.7 Å². The number of benzene rings is 2. The summed E-state index contributed by atoms with van der Waals surface area (Å²) in [7, 11) is 0. The number of aliphatic carboxylic acids is 1. The van der Waals surface area contributed by atoms with Gasteiger partial charge in [0.2, 0.25) is 0 Å². The van der Waals surface area contributed by atoms with Crippen LogP contribution in [0.1, 0.15) is 30.9 Å². The highest BCUT2D eigenvalue weighted by Crippen LogP contribution is 2.42. The van der Waals surface area contributed by atoms with Crippen molar-refractivity contribution in [2.75, 3.05) is 0 Å². The van der Waals surface area contributed by atoms with Crippen molar-refractivity contribution >= 4 is 16.7 Å². The third kappa shape index (κ3) is 2.40. The number of halogens is 1. The lowest BCUT2D eigenvalue weighted by Gasteiger charge is -2.23. The van der Waals surface area contributed by atoms with Crippen molar-refractivity contribution in [2.45, 2.75) is 25.4 Å². The van der Waals surface area contributed by atoms with Crippen LogP contribution in [-0.4, -0.2) is 16.2 Å². The molecule has 21 heavy (non-hydrogen) atoms. The lowest BCUT2D eigenvalue weighted by Crippen LogP contribution is -2.24. The van der Waals surface area contributed by atoms with Gasteiger partial charge in [0.05, 0.1) is 12.0 Å². The fourth-order valence-electron chi connectivity index (χ4n) is 3.45. The summed E-state index contributed by atoms with van der Waals surface area (Å²) in [6.45, 7) is 0. The lowest BCUT2D eigenvalue weighted by atomic mass is 9.85. The molecule has 3 atom stereocenters. The summed E-state index contributed by atoms with van der Waals surface area (Å²) in [5, 5.41) is 21.0. The lowest BCUT2D eigenvalue weighted by molar-refractivity contribution is -0.144. The molecule has 2 aromatic rings. The molecule has 1 aliphatic carbocycles. The maximum Gasteiger partial charge on any atom is 0.306 e. The zero-order valence-electron chi connectivity index (χ0n) is 11.5. The molecule has 1 aliphatic rings. The normalized spacial score (nSPS) is 23.3. The van der Waals surface area contributed by atoms with E-state index in [2.05, 4.69) is 0 Å². The smallest absolute Gasteiger partial charge is 0.306 e. The second-order valence-corrected chi connectivity index (χ2v) is 5.67. The standard InChI is InChI=1S/C17H17FO3/c18-15-9-8-13(10-4-1-2-5-11(10)15)16(19)12-6-3-7-14(12)17(20)21/h1-2,4-5,8-9,12,14,16,19H,3,6-7H2,(H,20,21). The predicted molar refractivity (Wildman–Crippen MR) is 77.3 cm³/mol. The van der Waals surface area contributed by atoms with Gasteiger partial charge < -0.3 is 10.2 Å². The van der Waals surface area contributed by atoms with Gasteiger partial charge in [-0.2, -0.15) is 0 Å². The van der Waals surface area contributed by atoms with Crippen molar-refractivity contribution in [2.24, 2.45) is 11.8 Å². The van der Waals surface area contributed by atoms with Gasteiger partial charge in [-0.3, -0.25) is 4.79 Å². The largest absolute Gasteiger partial charge is 0.481 e.